The maximum atomic E-state index is 12.2. The van der Waals surface area contributed by atoms with Crippen molar-refractivity contribution >= 4 is 64.8 Å². The van der Waals surface area contributed by atoms with Gasteiger partial charge in [0, 0.05) is 55.9 Å². The highest BCUT2D eigenvalue weighted by Crippen LogP contribution is 2.31. The number of carbonyl (C=O) groups is 2. The molecule has 1 atom stereocenters. The van der Waals surface area contributed by atoms with Crippen molar-refractivity contribution in [1.82, 2.24) is 15.2 Å². The van der Waals surface area contributed by atoms with E-state index in [-0.39, 0.29) is 18.0 Å². The van der Waals surface area contributed by atoms with Crippen molar-refractivity contribution in [2.24, 2.45) is 4.99 Å². The molecule has 1 saturated heterocycles. The Labute approximate surface area is 251 Å². The molecule has 1 saturated carbocycles. The molecule has 4 rings (SSSR count). The summed E-state index contributed by atoms with van der Waals surface area (Å²) in [5, 5.41) is 8.37. The van der Waals surface area contributed by atoms with E-state index in [9.17, 15) is 9.59 Å². The Hall–Kier alpha value is -3.54. The molecule has 1 aliphatic heterocycles. The van der Waals surface area contributed by atoms with Crippen molar-refractivity contribution in [2.75, 3.05) is 54.5 Å². The molecule has 0 bridgehead atoms. The number of ether oxygens (including phenoxy) is 1. The zero-order chi connectivity index (χ0) is 29.2. The predicted molar refractivity (Wildman–Crippen MR) is 169 cm³/mol. The van der Waals surface area contributed by atoms with Crippen molar-refractivity contribution in [1.29, 1.82) is 0 Å². The average molecular weight is 598 g/mol. The number of allylic oxidation sites excluding steroid dienone is 1. The lowest BCUT2D eigenvalue weighted by atomic mass is 10.2. The average Bonchev–Trinajstić information content (AvgIpc) is 3.78. The van der Waals surface area contributed by atoms with Crippen LogP contribution in [0.25, 0.3) is 0 Å². The van der Waals surface area contributed by atoms with Crippen LogP contribution in [-0.2, 0) is 4.79 Å². The smallest absolute Gasteiger partial charge is 0.341 e. The summed E-state index contributed by atoms with van der Waals surface area (Å²) >= 11 is 10.7. The van der Waals surface area contributed by atoms with Crippen molar-refractivity contribution in [3.8, 4) is 5.75 Å². The number of pyridine rings is 1. The monoisotopic (exact) mass is 597 g/mol. The first-order valence-corrected chi connectivity index (χ1v) is 14.6. The minimum Gasteiger partial charge on any atom is -0.465 e. The van der Waals surface area contributed by atoms with Crippen molar-refractivity contribution in [2.45, 2.75) is 30.7 Å². The number of anilines is 4. The lowest BCUT2D eigenvalue weighted by Gasteiger charge is -2.34. The number of halogens is 1. The molecular weight excluding hydrogens is 562 g/mol. The van der Waals surface area contributed by atoms with Crippen molar-refractivity contribution in [3.63, 3.8) is 0 Å². The van der Waals surface area contributed by atoms with Gasteiger partial charge in [0.1, 0.15) is 11.6 Å². The fourth-order valence-electron chi connectivity index (χ4n) is 4.11. The quantitative estimate of drug-likeness (QED) is 0.0911. The van der Waals surface area contributed by atoms with Crippen LogP contribution >= 0.6 is 24.2 Å². The van der Waals surface area contributed by atoms with E-state index in [0.29, 0.717) is 40.8 Å². The summed E-state index contributed by atoms with van der Waals surface area (Å²) in [6.45, 7) is 7.33. The van der Waals surface area contributed by atoms with E-state index >= 15 is 0 Å². The Balaban J connectivity index is 1.43. The Kier molecular flexibility index (Phi) is 11.1. The van der Waals surface area contributed by atoms with E-state index in [1.165, 1.54) is 12.3 Å². The molecule has 1 aromatic heterocycles. The maximum Gasteiger partial charge on any atom is 0.341 e. The summed E-state index contributed by atoms with van der Waals surface area (Å²) in [5.41, 5.74) is 2.84. The van der Waals surface area contributed by atoms with E-state index in [4.69, 9.17) is 16.3 Å². The first kappa shape index (κ1) is 30.4. The van der Waals surface area contributed by atoms with Crippen LogP contribution in [-0.4, -0.2) is 77.9 Å². The van der Waals surface area contributed by atoms with E-state index < -0.39 is 5.38 Å². The highest BCUT2D eigenvalue weighted by Gasteiger charge is 2.23. The normalized spacial score (nSPS) is 16.8. The molecular formula is C29H36ClN7O3S. The molecule has 218 valence electrons. The molecule has 0 spiro atoms. The number of urea groups is 1. The van der Waals surface area contributed by atoms with Gasteiger partial charge in [0.15, 0.2) is 0 Å². The molecule has 2 fully saturated rings. The second kappa shape index (κ2) is 14.9. The van der Waals surface area contributed by atoms with E-state index in [2.05, 4.69) is 62.0 Å². The van der Waals surface area contributed by atoms with Gasteiger partial charge in [-0.25, -0.2) is 14.8 Å². The van der Waals surface area contributed by atoms with E-state index in [1.54, 1.807) is 24.4 Å². The van der Waals surface area contributed by atoms with Crippen LogP contribution in [0.3, 0.4) is 0 Å². The number of benzene rings is 1. The number of carbonyl (C=O) groups excluding carboxylic acids is 2. The van der Waals surface area contributed by atoms with Gasteiger partial charge in [0.05, 0.1) is 23.0 Å². The molecule has 1 aromatic carbocycles. The summed E-state index contributed by atoms with van der Waals surface area (Å²) in [6.07, 6.45) is 8.38. The van der Waals surface area contributed by atoms with Crippen LogP contribution in [0.4, 0.5) is 27.7 Å². The lowest BCUT2D eigenvalue weighted by molar-refractivity contribution is -0.111. The number of nitrogens with zero attached hydrogens (tertiary/aromatic N) is 4. The molecule has 0 radical (unpaired) electrons. The van der Waals surface area contributed by atoms with Gasteiger partial charge in [-0.3, -0.25) is 4.79 Å². The van der Waals surface area contributed by atoms with Gasteiger partial charge in [-0.1, -0.05) is 6.58 Å². The number of nitrogens with one attached hydrogen (secondary N) is 3. The van der Waals surface area contributed by atoms with Gasteiger partial charge in [-0.15, -0.1) is 11.6 Å². The number of rotatable bonds is 12. The third kappa shape index (κ3) is 9.51. The molecule has 2 aliphatic rings. The van der Waals surface area contributed by atoms with Gasteiger partial charge in [-0.05, 0) is 68.5 Å². The topological polar surface area (TPSA) is 111 Å². The molecule has 2 aromatic rings. The largest absolute Gasteiger partial charge is 0.465 e. The van der Waals surface area contributed by atoms with Gasteiger partial charge < -0.3 is 30.5 Å². The van der Waals surface area contributed by atoms with Crippen LogP contribution in [0.5, 0.6) is 5.75 Å². The van der Waals surface area contributed by atoms with Crippen LogP contribution < -0.4 is 25.6 Å². The SMILES string of the molecule is C=CC(=O)Nc1cc(N2CCN(C)CC2)ccc1Nc1cc(O/C=C/C(Cl)C(CCS)=NC(=O)NC2CC2)ccn1. The summed E-state index contributed by atoms with van der Waals surface area (Å²) < 4.78 is 5.77. The molecule has 41 heavy (non-hydrogen) atoms. The predicted octanol–water partition coefficient (Wildman–Crippen LogP) is 4.83. The van der Waals surface area contributed by atoms with E-state index in [1.807, 2.05) is 18.2 Å². The summed E-state index contributed by atoms with van der Waals surface area (Å²) in [4.78, 5) is 37.4. The van der Waals surface area contributed by atoms with Crippen LogP contribution in [0.2, 0.25) is 0 Å². The Morgan fingerprint density at radius 2 is 2.00 bits per heavy atom. The van der Waals surface area contributed by atoms with Gasteiger partial charge >= 0.3 is 6.03 Å². The van der Waals surface area contributed by atoms with E-state index in [0.717, 1.165) is 44.7 Å². The number of amides is 3. The van der Waals surface area contributed by atoms with Crippen LogP contribution in [0.1, 0.15) is 19.3 Å². The highest BCUT2D eigenvalue weighted by molar-refractivity contribution is 7.80. The van der Waals surface area contributed by atoms with Crippen molar-refractivity contribution in [3.05, 3.63) is 61.5 Å². The molecule has 12 heteroatoms. The number of thiol groups is 1. The minimum atomic E-state index is -0.624. The first-order chi connectivity index (χ1) is 19.8. The third-order valence-corrected chi connectivity index (χ3v) is 7.22. The fraction of sp³-hybridized carbons (Fsp3) is 0.379. The Bertz CT molecular complexity index is 1290. The Morgan fingerprint density at radius 1 is 1.22 bits per heavy atom. The highest BCUT2D eigenvalue weighted by atomic mass is 35.5. The number of hydrogen-bond acceptors (Lipinski definition) is 8. The second-order valence-electron chi connectivity index (χ2n) is 9.86. The van der Waals surface area contributed by atoms with Gasteiger partial charge in [0.25, 0.3) is 0 Å². The van der Waals surface area contributed by atoms with Gasteiger partial charge in [0.2, 0.25) is 5.91 Å². The first-order valence-electron chi connectivity index (χ1n) is 13.5. The molecule has 2 heterocycles. The number of aliphatic imine (C=N–C) groups is 1. The second-order valence-corrected chi connectivity index (χ2v) is 10.8. The van der Waals surface area contributed by atoms with Crippen LogP contribution in [0, 0.1) is 0 Å². The third-order valence-electron chi connectivity index (χ3n) is 6.60. The lowest BCUT2D eigenvalue weighted by Crippen LogP contribution is -2.44. The number of likely N-dealkylation sites (N-methyl/N-ethyl adjacent to an activating group) is 1. The molecule has 1 unspecified atom stereocenters. The number of alkyl halides is 1. The van der Waals surface area contributed by atoms with Crippen molar-refractivity contribution < 1.29 is 14.3 Å². The number of hydrogen-bond donors (Lipinski definition) is 4. The molecule has 3 N–H and O–H groups in total. The Morgan fingerprint density at radius 3 is 2.71 bits per heavy atom. The van der Waals surface area contributed by atoms with Crippen LogP contribution in [0.15, 0.2) is 66.5 Å². The standard InChI is InChI=1S/C29H36ClN7O3S/c1-3-28(38)34-26-18-21(37-14-12-36(2)13-15-37)6-7-25(26)33-27-19-22(8-11-31-27)40-16-9-23(30)24(10-17-41)35-29(39)32-20-4-5-20/h3,6-9,11,16,18-20,23,41H,1,4-5,10,12-15,17H2,2H3,(H,31,33)(H,32,39)(H,34,38)/b16-9+,35-24?. The number of aromatic nitrogens is 1. The molecule has 10 nitrogen and oxygen atoms in total. The number of piperazine rings is 1. The summed E-state index contributed by atoms with van der Waals surface area (Å²) in [5.74, 6) is 1.25. The molecule has 1 aliphatic carbocycles. The summed E-state index contributed by atoms with van der Waals surface area (Å²) in [6, 6.07) is 9.17. The summed E-state index contributed by atoms with van der Waals surface area (Å²) in [7, 11) is 2.11. The maximum absolute atomic E-state index is 12.2. The zero-order valence-corrected chi connectivity index (χ0v) is 24.7. The molecule has 3 amide bonds. The fourth-order valence-corrected chi connectivity index (χ4v) is 4.56. The zero-order valence-electron chi connectivity index (χ0n) is 23.1. The minimum absolute atomic E-state index is 0.217. The van der Waals surface area contributed by atoms with Gasteiger partial charge in [-0.2, -0.15) is 12.6 Å².